The normalized spacial score (nSPS) is 16.3. The summed E-state index contributed by atoms with van der Waals surface area (Å²) in [5.74, 6) is -0.379. The van der Waals surface area contributed by atoms with Crippen LogP contribution in [-0.2, 0) is 26.5 Å². The van der Waals surface area contributed by atoms with Gasteiger partial charge in [-0.1, -0.05) is 6.07 Å². The van der Waals surface area contributed by atoms with E-state index in [-0.39, 0.29) is 11.5 Å². The summed E-state index contributed by atoms with van der Waals surface area (Å²) in [5, 5.41) is 0. The average Bonchev–Trinajstić information content (AvgIpc) is 2.68. The Kier molecular flexibility index (Phi) is 5.61. The van der Waals surface area contributed by atoms with Gasteiger partial charge in [-0.25, -0.2) is 4.21 Å². The molecule has 0 aromatic heterocycles. The van der Waals surface area contributed by atoms with Crippen LogP contribution in [0.3, 0.4) is 0 Å². The van der Waals surface area contributed by atoms with Crippen molar-refractivity contribution < 1.29 is 31.1 Å². The van der Waals surface area contributed by atoms with Gasteiger partial charge in [-0.2, -0.15) is 13.2 Å². The van der Waals surface area contributed by atoms with Crippen molar-refractivity contribution in [3.63, 3.8) is 0 Å². The highest BCUT2D eigenvalue weighted by Gasteiger charge is 2.40. The fraction of sp³-hybridized carbons (Fsp3) is 0.471. The Morgan fingerprint density at radius 2 is 1.88 bits per heavy atom. The van der Waals surface area contributed by atoms with Gasteiger partial charge in [-0.05, 0) is 63.8 Å². The zero-order chi connectivity index (χ0) is 18.8. The van der Waals surface area contributed by atoms with Crippen LogP contribution in [0.5, 0.6) is 5.75 Å². The van der Waals surface area contributed by atoms with Crippen LogP contribution in [0.4, 0.5) is 13.2 Å². The second kappa shape index (κ2) is 7.19. The highest BCUT2D eigenvalue weighted by Crippen LogP contribution is 2.33. The molecule has 0 radical (unpaired) electrons. The summed E-state index contributed by atoms with van der Waals surface area (Å²) in [6, 6.07) is 4.72. The lowest BCUT2D eigenvalue weighted by molar-refractivity contribution is -0.143. The zero-order valence-corrected chi connectivity index (χ0v) is 14.9. The van der Waals surface area contributed by atoms with Gasteiger partial charge in [0, 0.05) is 5.56 Å². The van der Waals surface area contributed by atoms with Crippen LogP contribution in [-0.4, -0.2) is 15.7 Å². The van der Waals surface area contributed by atoms with E-state index in [4.69, 9.17) is 4.74 Å². The van der Waals surface area contributed by atoms with E-state index < -0.39 is 28.0 Å². The molecule has 0 spiro atoms. The molecule has 0 fully saturated rings. The van der Waals surface area contributed by atoms with Gasteiger partial charge in [-0.3, -0.25) is 4.79 Å². The summed E-state index contributed by atoms with van der Waals surface area (Å²) in [5.41, 5.74) is -4.59. The van der Waals surface area contributed by atoms with E-state index in [2.05, 4.69) is 4.18 Å². The van der Waals surface area contributed by atoms with Gasteiger partial charge >= 0.3 is 22.6 Å². The maximum absolute atomic E-state index is 12.5. The number of rotatable bonds is 3. The smallest absolute Gasteiger partial charge is 0.426 e. The van der Waals surface area contributed by atoms with E-state index in [1.54, 1.807) is 32.9 Å². The van der Waals surface area contributed by atoms with Gasteiger partial charge in [0.05, 0.1) is 5.41 Å². The van der Waals surface area contributed by atoms with E-state index in [0.717, 1.165) is 12.0 Å². The first-order chi connectivity index (χ1) is 11.5. The maximum Gasteiger partial charge on any atom is 0.508 e. The van der Waals surface area contributed by atoms with Gasteiger partial charge in [0.2, 0.25) is 0 Å². The van der Waals surface area contributed by atoms with Crippen molar-refractivity contribution in [2.75, 3.05) is 0 Å². The van der Waals surface area contributed by atoms with Crippen molar-refractivity contribution in [1.29, 1.82) is 0 Å². The molecule has 2 rings (SSSR count). The molecular formula is C17H19F3O4S. The molecule has 0 saturated heterocycles. The van der Waals surface area contributed by atoms with Gasteiger partial charge < -0.3 is 8.92 Å². The lowest BCUT2D eigenvalue weighted by atomic mass is 9.97. The molecule has 0 saturated carbocycles. The minimum atomic E-state index is -4.97. The molecule has 1 aromatic carbocycles. The molecule has 8 heteroatoms. The first-order valence-corrected chi connectivity index (χ1v) is 8.78. The molecule has 138 valence electrons. The maximum atomic E-state index is 12.5. The number of halogens is 3. The van der Waals surface area contributed by atoms with Crippen molar-refractivity contribution >= 4 is 22.8 Å². The Labute approximate surface area is 146 Å². The Hall–Kier alpha value is -1.83. The van der Waals surface area contributed by atoms with E-state index >= 15 is 0 Å². The van der Waals surface area contributed by atoms with E-state index in [9.17, 15) is 22.2 Å². The fourth-order valence-corrected chi connectivity index (χ4v) is 2.59. The molecule has 0 heterocycles. The summed E-state index contributed by atoms with van der Waals surface area (Å²) in [4.78, 5) is 12.0. The van der Waals surface area contributed by atoms with Crippen molar-refractivity contribution in [2.24, 2.45) is 5.41 Å². The van der Waals surface area contributed by atoms with Crippen molar-refractivity contribution in [1.82, 2.24) is 0 Å². The summed E-state index contributed by atoms with van der Waals surface area (Å²) in [7, 11) is 0. The number of carbonyl (C=O) groups excluding carboxylic acids is 1. The number of esters is 1. The fourth-order valence-electron chi connectivity index (χ4n) is 2.17. The van der Waals surface area contributed by atoms with E-state index in [1.165, 1.54) is 12.1 Å². The van der Waals surface area contributed by atoms with E-state index in [1.807, 2.05) is 0 Å². The molecule has 1 aliphatic rings. The van der Waals surface area contributed by atoms with E-state index in [0.29, 0.717) is 18.4 Å². The molecule has 0 bridgehead atoms. The topological polar surface area (TPSA) is 52.6 Å². The highest BCUT2D eigenvalue weighted by atomic mass is 32.2. The predicted octanol–water partition coefficient (Wildman–Crippen LogP) is 4.52. The number of allylic oxidation sites excluding steroid dienone is 1. The van der Waals surface area contributed by atoms with Gasteiger partial charge in [0.15, 0.2) is 0 Å². The van der Waals surface area contributed by atoms with Gasteiger partial charge in [0.1, 0.15) is 11.5 Å². The molecule has 0 aliphatic heterocycles. The lowest BCUT2D eigenvalue weighted by Crippen LogP contribution is -2.25. The van der Waals surface area contributed by atoms with Crippen molar-refractivity contribution in [3.05, 3.63) is 35.4 Å². The molecule has 0 N–H and O–H groups in total. The van der Waals surface area contributed by atoms with Crippen LogP contribution in [0.25, 0.3) is 5.76 Å². The lowest BCUT2D eigenvalue weighted by Gasteiger charge is -2.18. The predicted molar refractivity (Wildman–Crippen MR) is 87.7 cm³/mol. The summed E-state index contributed by atoms with van der Waals surface area (Å²) in [6.07, 6.45) is 3.32. The van der Waals surface area contributed by atoms with Crippen LogP contribution in [0.2, 0.25) is 0 Å². The highest BCUT2D eigenvalue weighted by molar-refractivity contribution is 7.81. The molecule has 1 unspecified atom stereocenters. The number of carbonyl (C=O) groups is 1. The largest absolute Gasteiger partial charge is 0.508 e. The number of alkyl halides is 3. The molecule has 4 nitrogen and oxygen atoms in total. The average molecular weight is 376 g/mol. The quantitative estimate of drug-likeness (QED) is 0.575. The minimum Gasteiger partial charge on any atom is -0.426 e. The summed E-state index contributed by atoms with van der Waals surface area (Å²) >= 11 is -3.46. The number of hydrogen-bond acceptors (Lipinski definition) is 4. The van der Waals surface area contributed by atoms with Crippen molar-refractivity contribution in [3.8, 4) is 5.75 Å². The van der Waals surface area contributed by atoms with Crippen LogP contribution < -0.4 is 4.74 Å². The van der Waals surface area contributed by atoms with Crippen LogP contribution in [0.15, 0.2) is 24.3 Å². The summed E-state index contributed by atoms with van der Waals surface area (Å²) in [6.45, 7) is 5.08. The first kappa shape index (κ1) is 19.5. The third-order valence-electron chi connectivity index (χ3n) is 3.50. The number of ether oxygens (including phenoxy) is 1. The van der Waals surface area contributed by atoms with Gasteiger partial charge in [0.25, 0.3) is 0 Å². The number of hydrogen-bond donors (Lipinski definition) is 0. The molecule has 1 aromatic rings. The summed E-state index contributed by atoms with van der Waals surface area (Å²) < 4.78 is 58.9. The molecular weight excluding hydrogens is 357 g/mol. The van der Waals surface area contributed by atoms with Crippen molar-refractivity contribution in [2.45, 2.75) is 45.5 Å². The second-order valence-corrected chi connectivity index (χ2v) is 7.78. The third-order valence-corrected chi connectivity index (χ3v) is 4.21. The SMILES string of the molecule is CC(C)(C)C(=O)Oc1ccc2c(c1)C(OS(=O)C(F)(F)F)=CCCC2. The number of aryl methyl sites for hydroxylation is 1. The molecule has 1 atom stereocenters. The first-order valence-electron chi connectivity index (χ1n) is 7.71. The Morgan fingerprint density at radius 1 is 1.20 bits per heavy atom. The minimum absolute atomic E-state index is 0.114. The molecule has 25 heavy (non-hydrogen) atoms. The second-order valence-electron chi connectivity index (χ2n) is 6.68. The Bertz CT molecular complexity index is 718. The van der Waals surface area contributed by atoms with Crippen LogP contribution in [0, 0.1) is 5.41 Å². The van der Waals surface area contributed by atoms with Crippen LogP contribution in [0.1, 0.15) is 44.7 Å². The number of fused-ring (bicyclic) bond motifs is 1. The third kappa shape index (κ3) is 5.07. The molecule has 1 aliphatic carbocycles. The van der Waals surface area contributed by atoms with Gasteiger partial charge in [-0.15, -0.1) is 0 Å². The Balaban J connectivity index is 2.33. The van der Waals surface area contributed by atoms with Crippen LogP contribution >= 0.6 is 0 Å². The standard InChI is InChI=1S/C17H19F3O4S/c1-16(2,3)15(21)23-12-9-8-11-6-4-5-7-14(13(11)10-12)24-25(22)17(18,19)20/h7-10H,4-6H2,1-3H3. The monoisotopic (exact) mass is 376 g/mol. The zero-order valence-electron chi connectivity index (χ0n) is 14.1. The number of benzene rings is 1. The Morgan fingerprint density at radius 3 is 2.48 bits per heavy atom. The molecule has 0 amide bonds.